The molecule has 0 radical (unpaired) electrons. The molecule has 1 aromatic carbocycles. The average molecular weight is 277 g/mol. The maximum absolute atomic E-state index is 13.6. The predicted octanol–water partition coefficient (Wildman–Crippen LogP) is 2.93. The molecule has 0 bridgehead atoms. The van der Waals surface area contributed by atoms with E-state index in [1.807, 2.05) is 6.92 Å². The van der Waals surface area contributed by atoms with Crippen LogP contribution in [0.3, 0.4) is 0 Å². The molecule has 20 heavy (non-hydrogen) atoms. The quantitative estimate of drug-likeness (QED) is 0.900. The van der Waals surface area contributed by atoms with Crippen molar-refractivity contribution in [2.45, 2.75) is 13.3 Å². The van der Waals surface area contributed by atoms with E-state index in [9.17, 15) is 14.0 Å². The van der Waals surface area contributed by atoms with Crippen LogP contribution in [0.25, 0.3) is 0 Å². The van der Waals surface area contributed by atoms with Crippen LogP contribution in [0.5, 0.6) is 0 Å². The maximum Gasteiger partial charge on any atom is 0.335 e. The van der Waals surface area contributed by atoms with Crippen LogP contribution in [-0.4, -0.2) is 17.0 Å². The van der Waals surface area contributed by atoms with Crippen LogP contribution in [0.15, 0.2) is 34.9 Å². The van der Waals surface area contributed by atoms with Crippen molar-refractivity contribution in [1.82, 2.24) is 0 Å². The molecule has 0 aliphatic heterocycles. The van der Waals surface area contributed by atoms with Gasteiger partial charge in [-0.25, -0.2) is 9.18 Å². The number of carbonyl (C=O) groups excluding carboxylic acids is 1. The summed E-state index contributed by atoms with van der Waals surface area (Å²) in [6, 6.07) is 4.67. The van der Waals surface area contributed by atoms with Gasteiger partial charge in [-0.1, -0.05) is 6.92 Å². The Morgan fingerprint density at radius 1 is 1.35 bits per heavy atom. The Morgan fingerprint density at radius 3 is 2.75 bits per heavy atom. The lowest BCUT2D eigenvalue weighted by atomic mass is 10.1. The number of hydrogen-bond acceptors (Lipinski definition) is 3. The third-order valence-electron chi connectivity index (χ3n) is 2.77. The van der Waals surface area contributed by atoms with E-state index in [2.05, 4.69) is 5.32 Å². The molecule has 1 amide bonds. The summed E-state index contributed by atoms with van der Waals surface area (Å²) in [4.78, 5) is 22.8. The highest BCUT2D eigenvalue weighted by Gasteiger charge is 2.16. The van der Waals surface area contributed by atoms with Crippen LogP contribution >= 0.6 is 0 Å². The van der Waals surface area contributed by atoms with Gasteiger partial charge < -0.3 is 14.8 Å². The Bertz CT molecular complexity index is 663. The zero-order valence-corrected chi connectivity index (χ0v) is 10.6. The van der Waals surface area contributed by atoms with Gasteiger partial charge >= 0.3 is 5.97 Å². The van der Waals surface area contributed by atoms with Gasteiger partial charge in [-0.3, -0.25) is 4.79 Å². The summed E-state index contributed by atoms with van der Waals surface area (Å²) in [7, 11) is 0. The van der Waals surface area contributed by atoms with E-state index in [0.29, 0.717) is 17.7 Å². The molecule has 1 heterocycles. The van der Waals surface area contributed by atoms with Gasteiger partial charge in [0.15, 0.2) is 0 Å². The number of furan rings is 1. The summed E-state index contributed by atoms with van der Waals surface area (Å²) in [6.07, 6.45) is 1.89. The standard InChI is InChI=1S/C14H12FNO4/c1-2-12-9(5-6-20-12)13(17)16-11-7-8(14(18)19)3-4-10(11)15/h3-7H,2H2,1H3,(H,16,17)(H,18,19). The van der Waals surface area contributed by atoms with Gasteiger partial charge in [0.1, 0.15) is 11.6 Å². The van der Waals surface area contributed by atoms with Crippen LogP contribution in [0.1, 0.15) is 33.4 Å². The van der Waals surface area contributed by atoms with Crippen molar-refractivity contribution in [3.8, 4) is 0 Å². The Morgan fingerprint density at radius 2 is 2.10 bits per heavy atom. The number of anilines is 1. The zero-order valence-electron chi connectivity index (χ0n) is 10.6. The summed E-state index contributed by atoms with van der Waals surface area (Å²) in [5, 5.41) is 11.2. The normalized spacial score (nSPS) is 10.3. The summed E-state index contributed by atoms with van der Waals surface area (Å²) in [5.74, 6) is -1.96. The molecule has 104 valence electrons. The van der Waals surface area contributed by atoms with E-state index >= 15 is 0 Å². The van der Waals surface area contributed by atoms with Crippen LogP contribution in [-0.2, 0) is 6.42 Å². The van der Waals surface area contributed by atoms with E-state index < -0.39 is 17.7 Å². The molecule has 6 heteroatoms. The molecule has 5 nitrogen and oxygen atoms in total. The lowest BCUT2D eigenvalue weighted by molar-refractivity contribution is 0.0696. The van der Waals surface area contributed by atoms with Crippen LogP contribution in [0, 0.1) is 5.82 Å². The van der Waals surface area contributed by atoms with Gasteiger partial charge in [-0.05, 0) is 24.3 Å². The van der Waals surface area contributed by atoms with Crippen molar-refractivity contribution in [2.75, 3.05) is 5.32 Å². The summed E-state index contributed by atoms with van der Waals surface area (Å²) in [5.41, 5.74) is 0.00962. The van der Waals surface area contributed by atoms with Crippen molar-refractivity contribution in [1.29, 1.82) is 0 Å². The second kappa shape index (κ2) is 5.56. The monoisotopic (exact) mass is 277 g/mol. The zero-order chi connectivity index (χ0) is 14.7. The first-order valence-corrected chi connectivity index (χ1v) is 5.93. The molecule has 0 saturated heterocycles. The van der Waals surface area contributed by atoms with Crippen molar-refractivity contribution < 1.29 is 23.5 Å². The van der Waals surface area contributed by atoms with E-state index in [-0.39, 0.29) is 11.3 Å². The Balaban J connectivity index is 2.28. The molecular formula is C14H12FNO4. The highest BCUT2D eigenvalue weighted by molar-refractivity contribution is 6.05. The number of rotatable bonds is 4. The number of carbonyl (C=O) groups is 2. The average Bonchev–Trinajstić information content (AvgIpc) is 2.89. The van der Waals surface area contributed by atoms with Gasteiger partial charge in [0.05, 0.1) is 23.1 Å². The number of hydrogen-bond donors (Lipinski definition) is 2. The number of benzene rings is 1. The largest absolute Gasteiger partial charge is 0.478 e. The van der Waals surface area contributed by atoms with Gasteiger partial charge in [0.25, 0.3) is 5.91 Å². The summed E-state index contributed by atoms with van der Waals surface area (Å²) in [6.45, 7) is 1.82. The van der Waals surface area contributed by atoms with E-state index in [4.69, 9.17) is 9.52 Å². The third kappa shape index (κ3) is 2.69. The molecule has 0 spiro atoms. The van der Waals surface area contributed by atoms with Crippen LogP contribution < -0.4 is 5.32 Å². The fraction of sp³-hybridized carbons (Fsp3) is 0.143. The highest BCUT2D eigenvalue weighted by atomic mass is 19.1. The van der Waals surface area contributed by atoms with E-state index in [0.717, 1.165) is 18.2 Å². The fourth-order valence-electron chi connectivity index (χ4n) is 1.76. The first-order valence-electron chi connectivity index (χ1n) is 5.93. The second-order valence-corrected chi connectivity index (χ2v) is 4.06. The minimum atomic E-state index is -1.20. The lowest BCUT2D eigenvalue weighted by Crippen LogP contribution is -2.14. The number of nitrogens with one attached hydrogen (secondary N) is 1. The number of halogens is 1. The minimum Gasteiger partial charge on any atom is -0.478 e. The topological polar surface area (TPSA) is 79.5 Å². The van der Waals surface area contributed by atoms with Gasteiger partial charge in [0, 0.05) is 6.42 Å². The van der Waals surface area contributed by atoms with Gasteiger partial charge in [-0.2, -0.15) is 0 Å². The first-order chi connectivity index (χ1) is 9.52. The molecule has 2 N–H and O–H groups in total. The number of carboxylic acids is 1. The first kappa shape index (κ1) is 13.8. The maximum atomic E-state index is 13.6. The molecular weight excluding hydrogens is 265 g/mol. The third-order valence-corrected chi connectivity index (χ3v) is 2.77. The van der Waals surface area contributed by atoms with E-state index in [1.54, 1.807) is 0 Å². The van der Waals surface area contributed by atoms with Crippen molar-refractivity contribution in [3.63, 3.8) is 0 Å². The van der Waals surface area contributed by atoms with Crippen molar-refractivity contribution in [2.24, 2.45) is 0 Å². The summed E-state index contributed by atoms with van der Waals surface area (Å²) < 4.78 is 18.7. The van der Waals surface area contributed by atoms with Gasteiger partial charge in [-0.15, -0.1) is 0 Å². The molecule has 0 saturated carbocycles. The Hall–Kier alpha value is -2.63. The Kier molecular flexibility index (Phi) is 3.84. The molecule has 1 aromatic heterocycles. The number of amides is 1. The van der Waals surface area contributed by atoms with Gasteiger partial charge in [0.2, 0.25) is 0 Å². The number of aromatic carboxylic acids is 1. The minimum absolute atomic E-state index is 0.107. The molecule has 0 fully saturated rings. The van der Waals surface area contributed by atoms with Crippen LogP contribution in [0.4, 0.5) is 10.1 Å². The molecule has 0 aliphatic rings. The number of aryl methyl sites for hydroxylation is 1. The SMILES string of the molecule is CCc1occc1C(=O)Nc1cc(C(=O)O)ccc1F. The predicted molar refractivity (Wildman–Crippen MR) is 69.4 cm³/mol. The Labute approximate surface area is 114 Å². The molecule has 0 atom stereocenters. The fourth-order valence-corrected chi connectivity index (χ4v) is 1.76. The van der Waals surface area contributed by atoms with E-state index in [1.165, 1.54) is 12.3 Å². The van der Waals surface area contributed by atoms with Crippen molar-refractivity contribution in [3.05, 3.63) is 53.2 Å². The molecule has 0 unspecified atom stereocenters. The second-order valence-electron chi connectivity index (χ2n) is 4.06. The summed E-state index contributed by atoms with van der Waals surface area (Å²) >= 11 is 0. The van der Waals surface area contributed by atoms with Crippen LogP contribution in [0.2, 0.25) is 0 Å². The molecule has 2 aromatic rings. The van der Waals surface area contributed by atoms with Crippen molar-refractivity contribution >= 4 is 17.6 Å². The smallest absolute Gasteiger partial charge is 0.335 e. The highest BCUT2D eigenvalue weighted by Crippen LogP contribution is 2.19. The number of carboxylic acid groups (broad SMARTS) is 1. The molecule has 0 aliphatic carbocycles. The lowest BCUT2D eigenvalue weighted by Gasteiger charge is -2.07. The molecule has 2 rings (SSSR count).